The van der Waals surface area contributed by atoms with E-state index in [1.165, 1.54) is 4.90 Å². The third-order valence-corrected chi connectivity index (χ3v) is 3.52. The molecule has 2 atom stereocenters. The highest BCUT2D eigenvalue weighted by atomic mass is 16.6. The molecule has 2 unspecified atom stereocenters. The van der Waals surface area contributed by atoms with Gasteiger partial charge in [0, 0.05) is 29.5 Å². The summed E-state index contributed by atoms with van der Waals surface area (Å²) in [6.45, 7) is 0. The SMILES string of the molecule is O=C(O)N(c1ccccc1)C1CCCC([N+](=O)[O-])C1. The van der Waals surface area contributed by atoms with Gasteiger partial charge in [-0.3, -0.25) is 15.0 Å². The first-order valence-electron chi connectivity index (χ1n) is 6.30. The molecule has 0 spiro atoms. The lowest BCUT2D eigenvalue weighted by atomic mass is 9.90. The van der Waals surface area contributed by atoms with E-state index in [0.29, 0.717) is 24.9 Å². The lowest BCUT2D eigenvalue weighted by Gasteiger charge is -2.33. The number of nitrogens with zero attached hydrogens (tertiary/aromatic N) is 2. The first-order chi connectivity index (χ1) is 9.09. The van der Waals surface area contributed by atoms with E-state index in [0.717, 1.165) is 0 Å². The summed E-state index contributed by atoms with van der Waals surface area (Å²) in [5, 5.41) is 20.2. The number of hydrogen-bond acceptors (Lipinski definition) is 3. The lowest BCUT2D eigenvalue weighted by molar-refractivity contribution is -0.526. The van der Waals surface area contributed by atoms with Crippen LogP contribution in [0.5, 0.6) is 0 Å². The average Bonchev–Trinajstić information content (AvgIpc) is 2.40. The Morgan fingerprint density at radius 3 is 2.58 bits per heavy atom. The van der Waals surface area contributed by atoms with E-state index in [-0.39, 0.29) is 17.4 Å². The normalized spacial score (nSPS) is 22.7. The first-order valence-corrected chi connectivity index (χ1v) is 6.30. The number of carbonyl (C=O) groups is 1. The largest absolute Gasteiger partial charge is 0.465 e. The van der Waals surface area contributed by atoms with Crippen molar-refractivity contribution in [2.45, 2.75) is 37.8 Å². The molecule has 1 amide bonds. The fourth-order valence-electron chi connectivity index (χ4n) is 2.63. The van der Waals surface area contributed by atoms with E-state index in [2.05, 4.69) is 0 Å². The predicted molar refractivity (Wildman–Crippen MR) is 70.0 cm³/mol. The molecule has 0 aliphatic heterocycles. The summed E-state index contributed by atoms with van der Waals surface area (Å²) in [4.78, 5) is 23.3. The smallest absolute Gasteiger partial charge is 0.412 e. The third-order valence-electron chi connectivity index (χ3n) is 3.52. The molecule has 2 rings (SSSR count). The van der Waals surface area contributed by atoms with Crippen molar-refractivity contribution in [1.29, 1.82) is 0 Å². The second-order valence-corrected chi connectivity index (χ2v) is 4.75. The predicted octanol–water partition coefficient (Wildman–Crippen LogP) is 2.76. The highest BCUT2D eigenvalue weighted by Gasteiger charge is 2.35. The summed E-state index contributed by atoms with van der Waals surface area (Å²) in [6, 6.07) is 7.81. The zero-order valence-corrected chi connectivity index (χ0v) is 10.4. The van der Waals surface area contributed by atoms with Gasteiger partial charge in [-0.1, -0.05) is 18.2 Å². The van der Waals surface area contributed by atoms with Crippen molar-refractivity contribution in [3.8, 4) is 0 Å². The quantitative estimate of drug-likeness (QED) is 0.672. The van der Waals surface area contributed by atoms with E-state index >= 15 is 0 Å². The summed E-state index contributed by atoms with van der Waals surface area (Å²) < 4.78 is 0. The van der Waals surface area contributed by atoms with Crippen LogP contribution in [0.4, 0.5) is 10.5 Å². The highest BCUT2D eigenvalue weighted by Crippen LogP contribution is 2.28. The van der Waals surface area contributed by atoms with Crippen LogP contribution in [0.3, 0.4) is 0 Å². The second-order valence-electron chi connectivity index (χ2n) is 4.75. The van der Waals surface area contributed by atoms with Gasteiger partial charge >= 0.3 is 6.09 Å². The van der Waals surface area contributed by atoms with Gasteiger partial charge in [0.1, 0.15) is 0 Å². The van der Waals surface area contributed by atoms with Crippen molar-refractivity contribution >= 4 is 11.8 Å². The molecule has 0 heterocycles. The Hall–Kier alpha value is -2.11. The van der Waals surface area contributed by atoms with Crippen LogP contribution in [0, 0.1) is 10.1 Å². The zero-order valence-electron chi connectivity index (χ0n) is 10.4. The minimum absolute atomic E-state index is 0.286. The van der Waals surface area contributed by atoms with E-state index in [1.54, 1.807) is 24.3 Å². The molecular formula is C13H16N2O4. The molecule has 1 N–H and O–H groups in total. The molecule has 0 bridgehead atoms. The minimum Gasteiger partial charge on any atom is -0.465 e. The first kappa shape index (κ1) is 13.3. The van der Waals surface area contributed by atoms with Gasteiger partial charge in [0.05, 0.1) is 0 Å². The highest BCUT2D eigenvalue weighted by molar-refractivity contribution is 5.86. The van der Waals surface area contributed by atoms with Crippen molar-refractivity contribution in [1.82, 2.24) is 0 Å². The van der Waals surface area contributed by atoms with Gasteiger partial charge in [0.2, 0.25) is 6.04 Å². The molecule has 1 fully saturated rings. The van der Waals surface area contributed by atoms with Crippen LogP contribution < -0.4 is 4.90 Å². The molecular weight excluding hydrogens is 248 g/mol. The van der Waals surface area contributed by atoms with Crippen molar-refractivity contribution in [2.75, 3.05) is 4.90 Å². The number of para-hydroxylation sites is 1. The maximum absolute atomic E-state index is 11.4. The molecule has 0 aromatic heterocycles. The standard InChI is InChI=1S/C13H16N2O4/c16-13(17)14(10-5-2-1-3-6-10)11-7-4-8-12(9-11)15(18)19/h1-3,5-6,11-12H,4,7-9H2,(H,16,17). The van der Waals surface area contributed by atoms with Crippen molar-refractivity contribution in [3.05, 3.63) is 40.4 Å². The Balaban J connectivity index is 2.20. The lowest BCUT2D eigenvalue weighted by Crippen LogP contribution is -2.45. The van der Waals surface area contributed by atoms with Crippen LogP contribution in [0.15, 0.2) is 30.3 Å². The van der Waals surface area contributed by atoms with E-state index in [9.17, 15) is 20.0 Å². The van der Waals surface area contributed by atoms with Gasteiger partial charge in [-0.2, -0.15) is 0 Å². The van der Waals surface area contributed by atoms with Crippen LogP contribution in [-0.2, 0) is 0 Å². The van der Waals surface area contributed by atoms with Gasteiger partial charge in [-0.15, -0.1) is 0 Å². The molecule has 102 valence electrons. The Bertz CT molecular complexity index is 463. The minimum atomic E-state index is -1.06. The molecule has 0 saturated heterocycles. The van der Waals surface area contributed by atoms with E-state index in [1.807, 2.05) is 6.07 Å². The number of anilines is 1. The maximum Gasteiger partial charge on any atom is 0.412 e. The topological polar surface area (TPSA) is 83.7 Å². The fraction of sp³-hybridized carbons (Fsp3) is 0.462. The molecule has 1 saturated carbocycles. The third kappa shape index (κ3) is 3.01. The summed E-state index contributed by atoms with van der Waals surface area (Å²) in [5.41, 5.74) is 0.573. The summed E-state index contributed by atoms with van der Waals surface area (Å²) in [7, 11) is 0. The van der Waals surface area contributed by atoms with Crippen LogP contribution in [-0.4, -0.2) is 28.2 Å². The Kier molecular flexibility index (Phi) is 3.99. The number of nitro groups is 1. The molecule has 19 heavy (non-hydrogen) atoms. The van der Waals surface area contributed by atoms with Gasteiger partial charge in [0.25, 0.3) is 0 Å². The van der Waals surface area contributed by atoms with E-state index in [4.69, 9.17) is 0 Å². The fourth-order valence-corrected chi connectivity index (χ4v) is 2.63. The molecule has 6 heteroatoms. The Labute approximate surface area is 110 Å². The second kappa shape index (κ2) is 5.69. The van der Waals surface area contributed by atoms with Gasteiger partial charge in [-0.05, 0) is 25.0 Å². The van der Waals surface area contributed by atoms with Crippen molar-refractivity contribution in [3.63, 3.8) is 0 Å². The van der Waals surface area contributed by atoms with Crippen molar-refractivity contribution in [2.24, 2.45) is 0 Å². The van der Waals surface area contributed by atoms with Crippen molar-refractivity contribution < 1.29 is 14.8 Å². The van der Waals surface area contributed by atoms with Crippen LogP contribution in [0.2, 0.25) is 0 Å². The average molecular weight is 264 g/mol. The summed E-state index contributed by atoms with van der Waals surface area (Å²) in [5.74, 6) is 0. The molecule has 6 nitrogen and oxygen atoms in total. The van der Waals surface area contributed by atoms with Gasteiger partial charge in [-0.25, -0.2) is 4.79 Å². The molecule has 1 aromatic rings. The number of carboxylic acid groups (broad SMARTS) is 1. The monoisotopic (exact) mass is 264 g/mol. The zero-order chi connectivity index (χ0) is 13.8. The number of benzene rings is 1. The number of hydrogen-bond donors (Lipinski definition) is 1. The van der Waals surface area contributed by atoms with Gasteiger partial charge in [0.15, 0.2) is 0 Å². The number of amides is 1. The van der Waals surface area contributed by atoms with Crippen LogP contribution >= 0.6 is 0 Å². The van der Waals surface area contributed by atoms with Crippen LogP contribution in [0.1, 0.15) is 25.7 Å². The Morgan fingerprint density at radius 2 is 2.00 bits per heavy atom. The summed E-state index contributed by atoms with van der Waals surface area (Å²) in [6.07, 6.45) is 1.12. The summed E-state index contributed by atoms with van der Waals surface area (Å²) >= 11 is 0. The van der Waals surface area contributed by atoms with Gasteiger partial charge < -0.3 is 5.11 Å². The van der Waals surface area contributed by atoms with Crippen LogP contribution in [0.25, 0.3) is 0 Å². The number of rotatable bonds is 3. The molecule has 0 radical (unpaired) electrons. The maximum atomic E-state index is 11.4. The molecule has 1 aliphatic carbocycles. The molecule has 1 aliphatic rings. The Morgan fingerprint density at radius 1 is 1.32 bits per heavy atom. The van der Waals surface area contributed by atoms with E-state index < -0.39 is 12.1 Å². The molecule has 1 aromatic carbocycles.